The number of carbonyl (C=O) groups is 2. The maximum atomic E-state index is 11.6. The van der Waals surface area contributed by atoms with Crippen molar-refractivity contribution in [3.63, 3.8) is 0 Å². The van der Waals surface area contributed by atoms with Crippen molar-refractivity contribution >= 4 is 11.9 Å². The van der Waals surface area contributed by atoms with Gasteiger partial charge >= 0.3 is 6.03 Å². The summed E-state index contributed by atoms with van der Waals surface area (Å²) in [6.07, 6.45) is -0.510. The molecule has 0 aliphatic heterocycles. The van der Waals surface area contributed by atoms with Crippen LogP contribution < -0.4 is 10.6 Å². The van der Waals surface area contributed by atoms with Crippen molar-refractivity contribution < 1.29 is 14.7 Å². The first-order valence-electron chi connectivity index (χ1n) is 5.35. The second kappa shape index (κ2) is 7.19. The Labute approximate surface area is 96.0 Å². The van der Waals surface area contributed by atoms with E-state index in [4.69, 9.17) is 5.11 Å². The minimum atomic E-state index is -0.510. The fourth-order valence-electron chi connectivity index (χ4n) is 1.20. The third-order valence-corrected chi connectivity index (χ3v) is 2.17. The number of hydrogen-bond acceptors (Lipinski definition) is 4. The van der Waals surface area contributed by atoms with Gasteiger partial charge in [-0.1, -0.05) is 0 Å². The minimum absolute atomic E-state index is 0.379. The number of amides is 3. The van der Waals surface area contributed by atoms with Crippen LogP contribution in [0.4, 0.5) is 4.79 Å². The molecule has 6 nitrogen and oxygen atoms in total. The lowest BCUT2D eigenvalue weighted by Gasteiger charge is -2.24. The standard InChI is InChI=1S/C10H21N3O3/c1-5-11-10(16)12-9(15)8(3)13(4)6-7(2)14/h7-8,14H,5-6H2,1-4H3,(H2,11,12,15,16). The number of carbonyl (C=O) groups excluding carboxylic acids is 2. The van der Waals surface area contributed by atoms with Gasteiger partial charge in [0, 0.05) is 13.1 Å². The molecule has 0 radical (unpaired) electrons. The number of rotatable bonds is 5. The van der Waals surface area contributed by atoms with Gasteiger partial charge in [0.1, 0.15) is 0 Å². The van der Waals surface area contributed by atoms with Gasteiger partial charge in [-0.05, 0) is 27.8 Å². The molecule has 3 amide bonds. The largest absolute Gasteiger partial charge is 0.392 e. The molecule has 0 fully saturated rings. The highest BCUT2D eigenvalue weighted by Gasteiger charge is 2.20. The molecule has 0 heterocycles. The van der Waals surface area contributed by atoms with Crippen LogP contribution in [0.25, 0.3) is 0 Å². The van der Waals surface area contributed by atoms with Crippen LogP contribution in [-0.2, 0) is 4.79 Å². The molecule has 0 spiro atoms. The fourth-order valence-corrected chi connectivity index (χ4v) is 1.20. The molecule has 0 saturated heterocycles. The summed E-state index contributed by atoms with van der Waals surface area (Å²) in [5.74, 6) is -0.380. The first-order chi connectivity index (χ1) is 7.38. The van der Waals surface area contributed by atoms with E-state index in [0.717, 1.165) is 0 Å². The lowest BCUT2D eigenvalue weighted by atomic mass is 10.2. The summed E-state index contributed by atoms with van der Waals surface area (Å²) >= 11 is 0. The summed E-state index contributed by atoms with van der Waals surface area (Å²) in [5, 5.41) is 13.9. The van der Waals surface area contributed by atoms with Gasteiger partial charge in [0.05, 0.1) is 12.1 Å². The molecule has 3 N–H and O–H groups in total. The van der Waals surface area contributed by atoms with Gasteiger partial charge in [-0.15, -0.1) is 0 Å². The Kier molecular flexibility index (Phi) is 6.67. The van der Waals surface area contributed by atoms with E-state index in [0.29, 0.717) is 13.1 Å². The molecule has 6 heteroatoms. The first-order valence-corrected chi connectivity index (χ1v) is 5.35. The number of nitrogens with one attached hydrogen (secondary N) is 2. The van der Waals surface area contributed by atoms with Crippen LogP contribution >= 0.6 is 0 Å². The fraction of sp³-hybridized carbons (Fsp3) is 0.800. The molecule has 94 valence electrons. The van der Waals surface area contributed by atoms with Crippen LogP contribution in [0.15, 0.2) is 0 Å². The molecule has 0 aliphatic carbocycles. The van der Waals surface area contributed by atoms with Gasteiger partial charge in [0.15, 0.2) is 0 Å². The molecular weight excluding hydrogens is 210 g/mol. The zero-order chi connectivity index (χ0) is 12.7. The lowest BCUT2D eigenvalue weighted by molar-refractivity contribution is -0.124. The highest BCUT2D eigenvalue weighted by Crippen LogP contribution is 1.97. The maximum Gasteiger partial charge on any atom is 0.321 e. The number of imide groups is 1. The molecule has 16 heavy (non-hydrogen) atoms. The summed E-state index contributed by atoms with van der Waals surface area (Å²) < 4.78 is 0. The lowest BCUT2D eigenvalue weighted by Crippen LogP contribution is -2.49. The van der Waals surface area contributed by atoms with Gasteiger partial charge in [-0.2, -0.15) is 0 Å². The Morgan fingerprint density at radius 1 is 1.38 bits per heavy atom. The van der Waals surface area contributed by atoms with E-state index in [1.165, 1.54) is 0 Å². The average molecular weight is 231 g/mol. The second-order valence-corrected chi connectivity index (χ2v) is 3.81. The van der Waals surface area contributed by atoms with E-state index in [1.54, 1.807) is 32.7 Å². The number of nitrogens with zero attached hydrogens (tertiary/aromatic N) is 1. The van der Waals surface area contributed by atoms with E-state index in [-0.39, 0.29) is 5.91 Å². The molecule has 0 aromatic heterocycles. The summed E-state index contributed by atoms with van der Waals surface area (Å²) in [7, 11) is 1.72. The van der Waals surface area contributed by atoms with Gasteiger partial charge < -0.3 is 10.4 Å². The van der Waals surface area contributed by atoms with Crippen molar-refractivity contribution in [1.82, 2.24) is 15.5 Å². The van der Waals surface area contributed by atoms with Crippen LogP contribution in [0.2, 0.25) is 0 Å². The normalized spacial score (nSPS) is 14.4. The van der Waals surface area contributed by atoms with Gasteiger partial charge in [0.25, 0.3) is 0 Å². The Morgan fingerprint density at radius 3 is 2.38 bits per heavy atom. The Morgan fingerprint density at radius 2 is 1.94 bits per heavy atom. The van der Waals surface area contributed by atoms with Crippen LogP contribution in [-0.4, -0.2) is 54.2 Å². The number of urea groups is 1. The van der Waals surface area contributed by atoms with Crippen molar-refractivity contribution in [2.24, 2.45) is 0 Å². The smallest absolute Gasteiger partial charge is 0.321 e. The third kappa shape index (κ3) is 5.67. The van der Waals surface area contributed by atoms with Crippen molar-refractivity contribution in [1.29, 1.82) is 0 Å². The highest BCUT2D eigenvalue weighted by atomic mass is 16.3. The van der Waals surface area contributed by atoms with Crippen LogP contribution in [0.3, 0.4) is 0 Å². The molecule has 2 atom stereocenters. The first kappa shape index (κ1) is 14.9. The van der Waals surface area contributed by atoms with Gasteiger partial charge in [0.2, 0.25) is 5.91 Å². The molecule has 2 unspecified atom stereocenters. The molecule has 0 rings (SSSR count). The van der Waals surface area contributed by atoms with E-state index in [9.17, 15) is 9.59 Å². The predicted octanol–water partition coefficient (Wildman–Crippen LogP) is -0.467. The van der Waals surface area contributed by atoms with E-state index < -0.39 is 18.2 Å². The van der Waals surface area contributed by atoms with E-state index in [1.807, 2.05) is 0 Å². The number of aliphatic hydroxyl groups is 1. The summed E-state index contributed by atoms with van der Waals surface area (Å²) in [6, 6.07) is -0.956. The van der Waals surface area contributed by atoms with Crippen LogP contribution in [0, 0.1) is 0 Å². The van der Waals surface area contributed by atoms with Crippen molar-refractivity contribution in [3.8, 4) is 0 Å². The van der Waals surface area contributed by atoms with Gasteiger partial charge in [-0.3, -0.25) is 15.0 Å². The molecule has 0 aromatic rings. The molecule has 0 saturated carbocycles. The van der Waals surface area contributed by atoms with E-state index in [2.05, 4.69) is 10.6 Å². The van der Waals surface area contributed by atoms with Crippen LogP contribution in [0.1, 0.15) is 20.8 Å². The molecule has 0 aromatic carbocycles. The average Bonchev–Trinajstić information content (AvgIpc) is 2.15. The zero-order valence-electron chi connectivity index (χ0n) is 10.3. The van der Waals surface area contributed by atoms with Crippen LogP contribution in [0.5, 0.6) is 0 Å². The second-order valence-electron chi connectivity index (χ2n) is 3.81. The Hall–Kier alpha value is -1.14. The van der Waals surface area contributed by atoms with Crippen molar-refractivity contribution in [2.75, 3.05) is 20.1 Å². The Bertz CT molecular complexity index is 243. The number of hydrogen-bond donors (Lipinski definition) is 3. The third-order valence-electron chi connectivity index (χ3n) is 2.17. The number of aliphatic hydroxyl groups excluding tert-OH is 1. The summed E-state index contributed by atoms with van der Waals surface area (Å²) in [5.41, 5.74) is 0. The Balaban J connectivity index is 4.12. The van der Waals surface area contributed by atoms with Gasteiger partial charge in [-0.25, -0.2) is 4.79 Å². The van der Waals surface area contributed by atoms with E-state index >= 15 is 0 Å². The van der Waals surface area contributed by atoms with Crippen molar-refractivity contribution in [2.45, 2.75) is 32.9 Å². The maximum absolute atomic E-state index is 11.6. The summed E-state index contributed by atoms with van der Waals surface area (Å²) in [4.78, 5) is 24.3. The highest BCUT2D eigenvalue weighted by molar-refractivity contribution is 5.96. The SMILES string of the molecule is CCNC(=O)NC(=O)C(C)N(C)CC(C)O. The summed E-state index contributed by atoms with van der Waals surface area (Å²) in [6.45, 7) is 5.94. The zero-order valence-corrected chi connectivity index (χ0v) is 10.3. The minimum Gasteiger partial charge on any atom is -0.392 e. The monoisotopic (exact) mass is 231 g/mol. The quantitative estimate of drug-likeness (QED) is 0.597. The number of likely N-dealkylation sites (N-methyl/N-ethyl adjacent to an activating group) is 1. The van der Waals surface area contributed by atoms with Crippen molar-refractivity contribution in [3.05, 3.63) is 0 Å². The predicted molar refractivity (Wildman–Crippen MR) is 61.0 cm³/mol. The molecule has 0 aliphatic rings. The topological polar surface area (TPSA) is 81.7 Å². The molecular formula is C10H21N3O3. The molecule has 0 bridgehead atoms.